The molecule has 0 spiro atoms. The minimum Gasteiger partial charge on any atom is -0.393 e. The van der Waals surface area contributed by atoms with E-state index in [-0.39, 0.29) is 12.8 Å². The fraction of sp³-hybridized carbons (Fsp3) is 0.914. The quantitative estimate of drug-likeness (QED) is 0.0304. The van der Waals surface area contributed by atoms with Gasteiger partial charge in [0.1, 0.15) is 36.6 Å². The molecule has 8 atom stereocenters. The Labute approximate surface area is 293 Å². The number of phosphoric ester groups is 1. The first-order chi connectivity index (χ1) is 23.3. The van der Waals surface area contributed by atoms with Crippen molar-refractivity contribution in [1.29, 1.82) is 0 Å². The molecule has 1 amide bonds. The van der Waals surface area contributed by atoms with Crippen molar-refractivity contribution in [3.05, 3.63) is 12.2 Å². The number of hydrogen-bond acceptors (Lipinski definition) is 11. The standard InChI is InChI=1S/C35H68NO12P/c1-3-5-7-8-9-10-11-12-13-14-15-16-17-18-19-21-22-26(37)24-29(39)36-27(28(38)23-20-6-4-2)25-47-49(45,46)48-35-33(43)31(41)30(40)32(42)34(35)44/h15-16,26-28,30-35,37-38,40-44H,3-14,17-25H2,1-2H3,(H,36,39)(H,45,46)/b16-15-. The molecule has 0 bridgehead atoms. The van der Waals surface area contributed by atoms with Crippen LogP contribution in [0.25, 0.3) is 0 Å². The first-order valence-corrected chi connectivity index (χ1v) is 20.2. The minimum absolute atomic E-state index is 0.233. The number of aliphatic hydroxyl groups is 7. The van der Waals surface area contributed by atoms with E-state index in [1.165, 1.54) is 57.8 Å². The van der Waals surface area contributed by atoms with Gasteiger partial charge in [-0.15, -0.1) is 0 Å². The third-order valence-corrected chi connectivity index (χ3v) is 10.1. The van der Waals surface area contributed by atoms with E-state index in [9.17, 15) is 50.0 Å². The molecule has 1 rings (SSSR count). The Bertz CT molecular complexity index is 911. The van der Waals surface area contributed by atoms with Crippen LogP contribution in [0.15, 0.2) is 12.2 Å². The number of unbranched alkanes of at least 4 members (excludes halogenated alkanes) is 14. The van der Waals surface area contributed by atoms with Crippen molar-refractivity contribution in [1.82, 2.24) is 5.32 Å². The molecule has 290 valence electrons. The highest BCUT2D eigenvalue weighted by Gasteiger charge is 2.51. The molecule has 0 aromatic rings. The molecular weight excluding hydrogens is 657 g/mol. The Kier molecular flexibility index (Phi) is 25.2. The molecule has 1 aliphatic carbocycles. The smallest absolute Gasteiger partial charge is 0.393 e. The zero-order chi connectivity index (χ0) is 36.7. The van der Waals surface area contributed by atoms with Crippen LogP contribution in [-0.4, -0.2) is 108 Å². The number of allylic oxidation sites excluding steroid dienone is 2. The average Bonchev–Trinajstić information content (AvgIpc) is 3.06. The van der Waals surface area contributed by atoms with E-state index in [2.05, 4.69) is 24.4 Å². The van der Waals surface area contributed by atoms with Crippen LogP contribution in [0, 0.1) is 0 Å². The average molecular weight is 726 g/mol. The highest BCUT2D eigenvalue weighted by Crippen LogP contribution is 2.47. The monoisotopic (exact) mass is 725 g/mol. The van der Waals surface area contributed by atoms with Crippen LogP contribution >= 0.6 is 7.82 Å². The molecule has 0 aromatic carbocycles. The Morgan fingerprint density at radius 2 is 1.14 bits per heavy atom. The Balaban J connectivity index is 2.42. The van der Waals surface area contributed by atoms with Gasteiger partial charge in [-0.25, -0.2) is 4.57 Å². The first-order valence-electron chi connectivity index (χ1n) is 18.7. The predicted molar refractivity (Wildman–Crippen MR) is 187 cm³/mol. The van der Waals surface area contributed by atoms with E-state index < -0.39 is 75.2 Å². The van der Waals surface area contributed by atoms with Crippen LogP contribution in [0.1, 0.15) is 142 Å². The molecule has 0 aromatic heterocycles. The van der Waals surface area contributed by atoms with Crippen molar-refractivity contribution in [2.45, 2.75) is 197 Å². The number of carbonyl (C=O) groups is 1. The molecule has 9 N–H and O–H groups in total. The molecule has 1 aliphatic rings. The van der Waals surface area contributed by atoms with Crippen LogP contribution in [0.5, 0.6) is 0 Å². The summed E-state index contributed by atoms with van der Waals surface area (Å²) in [5.74, 6) is -0.581. The summed E-state index contributed by atoms with van der Waals surface area (Å²) in [4.78, 5) is 23.0. The number of nitrogens with one attached hydrogen (secondary N) is 1. The summed E-state index contributed by atoms with van der Waals surface area (Å²) in [7, 11) is -5.09. The Hall–Kier alpha value is -0.960. The number of phosphoric acid groups is 1. The molecule has 0 radical (unpaired) electrons. The van der Waals surface area contributed by atoms with Gasteiger partial charge in [0.2, 0.25) is 5.91 Å². The number of hydrogen-bond donors (Lipinski definition) is 9. The summed E-state index contributed by atoms with van der Waals surface area (Å²) < 4.78 is 22.5. The van der Waals surface area contributed by atoms with Crippen LogP contribution < -0.4 is 5.32 Å². The molecule has 14 heteroatoms. The maximum atomic E-state index is 12.7. The lowest BCUT2D eigenvalue weighted by molar-refractivity contribution is -0.220. The van der Waals surface area contributed by atoms with Gasteiger partial charge in [0.15, 0.2) is 0 Å². The van der Waals surface area contributed by atoms with Gasteiger partial charge in [0, 0.05) is 0 Å². The summed E-state index contributed by atoms with van der Waals surface area (Å²) in [6.45, 7) is 3.53. The highest BCUT2D eigenvalue weighted by atomic mass is 31.2. The van der Waals surface area contributed by atoms with Crippen LogP contribution in [0.3, 0.4) is 0 Å². The Morgan fingerprint density at radius 1 is 0.694 bits per heavy atom. The van der Waals surface area contributed by atoms with Crippen molar-refractivity contribution in [2.75, 3.05) is 6.61 Å². The largest absolute Gasteiger partial charge is 0.472 e. The lowest BCUT2D eigenvalue weighted by Crippen LogP contribution is -2.64. The topological polar surface area (TPSA) is 226 Å². The fourth-order valence-corrected chi connectivity index (χ4v) is 6.91. The maximum absolute atomic E-state index is 12.7. The van der Waals surface area contributed by atoms with E-state index in [0.717, 1.165) is 44.9 Å². The third kappa shape index (κ3) is 20.0. The predicted octanol–water partition coefficient (Wildman–Crippen LogP) is 3.91. The van der Waals surface area contributed by atoms with Gasteiger partial charge >= 0.3 is 7.82 Å². The van der Waals surface area contributed by atoms with Gasteiger partial charge < -0.3 is 46.0 Å². The zero-order valence-corrected chi connectivity index (χ0v) is 30.8. The van der Waals surface area contributed by atoms with E-state index in [4.69, 9.17) is 9.05 Å². The molecule has 13 nitrogen and oxygen atoms in total. The number of amides is 1. The lowest BCUT2D eigenvalue weighted by Gasteiger charge is -2.41. The second-order valence-corrected chi connectivity index (χ2v) is 15.0. The summed E-state index contributed by atoms with van der Waals surface area (Å²) in [6, 6.07) is -1.15. The normalized spacial score (nSPS) is 26.0. The second-order valence-electron chi connectivity index (χ2n) is 13.6. The maximum Gasteiger partial charge on any atom is 0.472 e. The molecule has 0 heterocycles. The van der Waals surface area contributed by atoms with Gasteiger partial charge in [-0.2, -0.15) is 0 Å². The van der Waals surface area contributed by atoms with Gasteiger partial charge in [-0.05, 0) is 38.5 Å². The molecule has 1 fully saturated rings. The van der Waals surface area contributed by atoms with Gasteiger partial charge in [-0.1, -0.05) is 109 Å². The number of aliphatic hydroxyl groups excluding tert-OH is 7. The lowest BCUT2D eigenvalue weighted by atomic mass is 9.85. The van der Waals surface area contributed by atoms with Crippen molar-refractivity contribution in [3.8, 4) is 0 Å². The van der Waals surface area contributed by atoms with Crippen LogP contribution in [-0.2, 0) is 18.4 Å². The number of rotatable bonds is 29. The van der Waals surface area contributed by atoms with Gasteiger partial charge in [-0.3, -0.25) is 13.8 Å². The molecule has 0 aliphatic heterocycles. The van der Waals surface area contributed by atoms with Gasteiger partial charge in [0.05, 0.1) is 31.3 Å². The summed E-state index contributed by atoms with van der Waals surface area (Å²) in [6.07, 6.45) is 9.87. The minimum atomic E-state index is -5.09. The fourth-order valence-electron chi connectivity index (χ4n) is 5.94. The molecule has 1 saturated carbocycles. The van der Waals surface area contributed by atoms with Crippen LogP contribution in [0.2, 0.25) is 0 Å². The SMILES string of the molecule is CCCCCCCCCCC/C=C\CCCCCC(O)CC(=O)NC(COP(=O)(O)OC1C(O)C(O)C(O)C(O)C1O)C(O)CCCCC. The second kappa shape index (κ2) is 26.8. The first kappa shape index (κ1) is 46.1. The van der Waals surface area contributed by atoms with E-state index >= 15 is 0 Å². The summed E-state index contributed by atoms with van der Waals surface area (Å²) in [5.41, 5.74) is 0. The molecule has 0 saturated heterocycles. The zero-order valence-electron chi connectivity index (χ0n) is 29.9. The third-order valence-electron chi connectivity index (χ3n) is 9.13. The molecule has 49 heavy (non-hydrogen) atoms. The Morgan fingerprint density at radius 3 is 1.69 bits per heavy atom. The molecular formula is C35H68NO12P. The van der Waals surface area contributed by atoms with Crippen molar-refractivity contribution in [2.24, 2.45) is 0 Å². The van der Waals surface area contributed by atoms with E-state index in [1.807, 2.05) is 6.92 Å². The number of carbonyl (C=O) groups excluding carboxylic acids is 1. The highest BCUT2D eigenvalue weighted by molar-refractivity contribution is 7.47. The van der Waals surface area contributed by atoms with Crippen molar-refractivity contribution >= 4 is 13.7 Å². The van der Waals surface area contributed by atoms with Crippen molar-refractivity contribution < 1.29 is 59.0 Å². The van der Waals surface area contributed by atoms with E-state index in [0.29, 0.717) is 12.8 Å². The van der Waals surface area contributed by atoms with Gasteiger partial charge in [0.25, 0.3) is 0 Å². The van der Waals surface area contributed by atoms with Crippen molar-refractivity contribution in [3.63, 3.8) is 0 Å². The summed E-state index contributed by atoms with van der Waals surface area (Å²) >= 11 is 0. The van der Waals surface area contributed by atoms with E-state index in [1.54, 1.807) is 0 Å². The summed E-state index contributed by atoms with van der Waals surface area (Å²) in [5, 5.41) is 73.4. The molecule has 8 unspecified atom stereocenters. The van der Waals surface area contributed by atoms with Crippen LogP contribution in [0.4, 0.5) is 0 Å².